The monoisotopic (exact) mass is 418 g/mol. The Morgan fingerprint density at radius 3 is 2.10 bits per heavy atom. The Morgan fingerprint density at radius 2 is 1.42 bits per heavy atom. The Morgan fingerprint density at radius 1 is 0.806 bits per heavy atom. The molecule has 0 saturated carbocycles. The zero-order valence-corrected chi connectivity index (χ0v) is 17.8. The van der Waals surface area contributed by atoms with Gasteiger partial charge in [-0.05, 0) is 55.8 Å². The van der Waals surface area contributed by atoms with Crippen molar-refractivity contribution < 1.29 is 19.1 Å². The van der Waals surface area contributed by atoms with Crippen molar-refractivity contribution in [1.29, 1.82) is 0 Å². The maximum Gasteiger partial charge on any atom is 0.265 e. The smallest absolute Gasteiger partial charge is 0.265 e. The fourth-order valence-corrected chi connectivity index (χ4v) is 3.04. The van der Waals surface area contributed by atoms with Gasteiger partial charge in [0.2, 0.25) is 0 Å². The lowest BCUT2D eigenvalue weighted by Crippen LogP contribution is -2.32. The summed E-state index contributed by atoms with van der Waals surface area (Å²) in [5.74, 6) is 0.628. The van der Waals surface area contributed by atoms with Gasteiger partial charge in [-0.25, -0.2) is 0 Å². The summed E-state index contributed by atoms with van der Waals surface area (Å²) in [6.45, 7) is 3.57. The van der Waals surface area contributed by atoms with Gasteiger partial charge in [0.05, 0.1) is 24.4 Å². The third-order valence-electron chi connectivity index (χ3n) is 4.82. The van der Waals surface area contributed by atoms with E-state index in [0.29, 0.717) is 22.7 Å². The minimum atomic E-state index is -0.757. The van der Waals surface area contributed by atoms with Gasteiger partial charge in [-0.2, -0.15) is 0 Å². The normalized spacial score (nSPS) is 12.4. The maximum atomic E-state index is 12.8. The zero-order valence-electron chi connectivity index (χ0n) is 17.8. The highest BCUT2D eigenvalue weighted by molar-refractivity contribution is 6.04. The molecule has 0 aromatic heterocycles. The van der Waals surface area contributed by atoms with E-state index < -0.39 is 6.10 Å². The number of carbonyl (C=O) groups is 2. The number of methoxy groups -OCH3 is 1. The van der Waals surface area contributed by atoms with E-state index >= 15 is 0 Å². The maximum absolute atomic E-state index is 12.8. The predicted octanol–water partition coefficient (Wildman–Crippen LogP) is 4.59. The van der Waals surface area contributed by atoms with Gasteiger partial charge in [0.1, 0.15) is 11.5 Å². The number of amides is 2. The Kier molecular flexibility index (Phi) is 7.27. The highest BCUT2D eigenvalue weighted by atomic mass is 16.5. The Balaban J connectivity index is 1.66. The van der Waals surface area contributed by atoms with E-state index in [9.17, 15) is 9.59 Å². The van der Waals surface area contributed by atoms with Crippen LogP contribution in [-0.4, -0.2) is 25.0 Å². The molecule has 0 spiro atoms. The minimum Gasteiger partial charge on any atom is -0.497 e. The number of hydrogen-bond acceptors (Lipinski definition) is 4. The van der Waals surface area contributed by atoms with Crippen LogP contribution in [0.2, 0.25) is 0 Å². The molecular formula is C25H26N2O4. The number of benzene rings is 3. The Bertz CT molecular complexity index is 1020. The highest BCUT2D eigenvalue weighted by Gasteiger charge is 2.19. The summed E-state index contributed by atoms with van der Waals surface area (Å²) >= 11 is 0. The summed E-state index contributed by atoms with van der Waals surface area (Å²) in [6, 6.07) is 23.4. The molecular weight excluding hydrogens is 392 g/mol. The van der Waals surface area contributed by atoms with E-state index in [1.807, 2.05) is 37.3 Å². The third kappa shape index (κ3) is 5.85. The first-order valence-corrected chi connectivity index (χ1v) is 10.0. The molecule has 0 fully saturated rings. The lowest BCUT2D eigenvalue weighted by Gasteiger charge is -2.18. The van der Waals surface area contributed by atoms with Gasteiger partial charge in [-0.3, -0.25) is 9.59 Å². The first-order valence-electron chi connectivity index (χ1n) is 10.0. The van der Waals surface area contributed by atoms with Crippen LogP contribution in [0.15, 0.2) is 78.9 Å². The summed E-state index contributed by atoms with van der Waals surface area (Å²) < 4.78 is 10.8. The van der Waals surface area contributed by atoms with Crippen molar-refractivity contribution in [1.82, 2.24) is 5.32 Å². The van der Waals surface area contributed by atoms with Gasteiger partial charge in [-0.1, -0.05) is 42.5 Å². The summed E-state index contributed by atoms with van der Waals surface area (Å²) in [7, 11) is 1.58. The molecule has 3 rings (SSSR count). The quantitative estimate of drug-likeness (QED) is 0.561. The second-order valence-electron chi connectivity index (χ2n) is 7.08. The molecule has 0 unspecified atom stereocenters. The van der Waals surface area contributed by atoms with Crippen LogP contribution in [0.25, 0.3) is 0 Å². The first-order chi connectivity index (χ1) is 15.0. The van der Waals surface area contributed by atoms with Crippen LogP contribution in [0, 0.1) is 0 Å². The molecule has 2 atom stereocenters. The fourth-order valence-electron chi connectivity index (χ4n) is 3.04. The highest BCUT2D eigenvalue weighted by Crippen LogP contribution is 2.20. The topological polar surface area (TPSA) is 76.7 Å². The number of anilines is 1. The summed E-state index contributed by atoms with van der Waals surface area (Å²) in [5, 5.41) is 5.77. The molecule has 0 aliphatic rings. The van der Waals surface area contributed by atoms with Gasteiger partial charge >= 0.3 is 0 Å². The molecule has 0 bridgehead atoms. The van der Waals surface area contributed by atoms with Crippen LogP contribution in [0.1, 0.15) is 35.8 Å². The molecule has 0 aliphatic heterocycles. The molecule has 31 heavy (non-hydrogen) atoms. The van der Waals surface area contributed by atoms with Crippen LogP contribution in [0.3, 0.4) is 0 Å². The molecule has 0 heterocycles. The standard InChI is InChI=1S/C25H26N2O4/c1-17(19-9-5-4-6-10-19)26-25(29)22-11-7-8-12-23(22)27-24(28)18(2)31-21-15-13-20(30-3)14-16-21/h4-18H,1-3H3,(H,26,29)(H,27,28)/t17-,18+/m1/s1. The van der Waals surface area contributed by atoms with Crippen LogP contribution < -0.4 is 20.1 Å². The largest absolute Gasteiger partial charge is 0.497 e. The van der Waals surface area contributed by atoms with E-state index in [0.717, 1.165) is 5.56 Å². The molecule has 3 aromatic rings. The molecule has 6 heteroatoms. The van der Waals surface area contributed by atoms with Crippen molar-refractivity contribution in [3.63, 3.8) is 0 Å². The van der Waals surface area contributed by atoms with Crippen molar-refractivity contribution in [2.75, 3.05) is 12.4 Å². The van der Waals surface area contributed by atoms with Crippen LogP contribution in [-0.2, 0) is 4.79 Å². The van der Waals surface area contributed by atoms with E-state index in [2.05, 4.69) is 10.6 Å². The number of ether oxygens (including phenoxy) is 2. The minimum absolute atomic E-state index is 0.171. The SMILES string of the molecule is COc1ccc(O[C@@H](C)C(=O)Nc2ccccc2C(=O)N[C@H](C)c2ccccc2)cc1. The van der Waals surface area contributed by atoms with Gasteiger partial charge in [-0.15, -0.1) is 0 Å². The molecule has 3 aromatic carbocycles. The third-order valence-corrected chi connectivity index (χ3v) is 4.82. The number of para-hydroxylation sites is 1. The fraction of sp³-hybridized carbons (Fsp3) is 0.200. The number of rotatable bonds is 8. The molecule has 160 valence electrons. The Labute approximate surface area is 182 Å². The zero-order chi connectivity index (χ0) is 22.2. The second kappa shape index (κ2) is 10.3. The summed E-state index contributed by atoms with van der Waals surface area (Å²) in [5.41, 5.74) is 1.81. The molecule has 2 amide bonds. The van der Waals surface area contributed by atoms with Crippen molar-refractivity contribution in [2.24, 2.45) is 0 Å². The average Bonchev–Trinajstić information content (AvgIpc) is 2.80. The van der Waals surface area contributed by atoms with Crippen molar-refractivity contribution in [3.05, 3.63) is 90.0 Å². The summed E-state index contributed by atoms with van der Waals surface area (Å²) in [6.07, 6.45) is -0.757. The van der Waals surface area contributed by atoms with Crippen molar-refractivity contribution >= 4 is 17.5 Å². The second-order valence-corrected chi connectivity index (χ2v) is 7.08. The Hall–Kier alpha value is -3.80. The number of nitrogens with one attached hydrogen (secondary N) is 2. The number of carbonyl (C=O) groups excluding carboxylic acids is 2. The van der Waals surface area contributed by atoms with Gasteiger partial charge < -0.3 is 20.1 Å². The van der Waals surface area contributed by atoms with E-state index in [-0.39, 0.29) is 17.9 Å². The first kappa shape index (κ1) is 21.9. The molecule has 6 nitrogen and oxygen atoms in total. The number of hydrogen-bond donors (Lipinski definition) is 2. The summed E-state index contributed by atoms with van der Waals surface area (Å²) in [4.78, 5) is 25.5. The van der Waals surface area contributed by atoms with Gasteiger partial charge in [0.15, 0.2) is 6.10 Å². The average molecular weight is 418 g/mol. The van der Waals surface area contributed by atoms with Crippen LogP contribution in [0.5, 0.6) is 11.5 Å². The lowest BCUT2D eigenvalue weighted by atomic mass is 10.1. The molecule has 0 saturated heterocycles. The molecule has 0 radical (unpaired) electrons. The van der Waals surface area contributed by atoms with E-state index in [1.165, 1.54) is 0 Å². The van der Waals surface area contributed by atoms with Gasteiger partial charge in [0.25, 0.3) is 11.8 Å². The molecule has 2 N–H and O–H groups in total. The van der Waals surface area contributed by atoms with Gasteiger partial charge in [0, 0.05) is 0 Å². The van der Waals surface area contributed by atoms with Crippen molar-refractivity contribution in [3.8, 4) is 11.5 Å². The lowest BCUT2D eigenvalue weighted by molar-refractivity contribution is -0.122. The predicted molar refractivity (Wildman–Crippen MR) is 120 cm³/mol. The van der Waals surface area contributed by atoms with Crippen LogP contribution >= 0.6 is 0 Å². The van der Waals surface area contributed by atoms with E-state index in [1.54, 1.807) is 62.6 Å². The molecule has 0 aliphatic carbocycles. The van der Waals surface area contributed by atoms with Crippen molar-refractivity contribution in [2.45, 2.75) is 26.0 Å². The van der Waals surface area contributed by atoms with E-state index in [4.69, 9.17) is 9.47 Å². The van der Waals surface area contributed by atoms with Crippen LogP contribution in [0.4, 0.5) is 5.69 Å².